The number of nitrogens with one attached hydrogen (secondary N) is 3. The van der Waals surface area contributed by atoms with Crippen LogP contribution in [0, 0.1) is 19.7 Å². The fourth-order valence-corrected chi connectivity index (χ4v) is 4.52. The zero-order chi connectivity index (χ0) is 23.3. The van der Waals surface area contributed by atoms with Crippen molar-refractivity contribution in [2.24, 2.45) is 0 Å². The Balaban J connectivity index is 1.76. The van der Waals surface area contributed by atoms with E-state index in [2.05, 4.69) is 61.0 Å². The average molecular weight is 437 g/mol. The minimum Gasteiger partial charge on any atom is -0.385 e. The maximum absolute atomic E-state index is 13.8. The molecule has 2 aromatic heterocycles. The molecule has 172 valence electrons. The van der Waals surface area contributed by atoms with Crippen LogP contribution in [0.3, 0.4) is 0 Å². The van der Waals surface area contributed by atoms with E-state index in [1.165, 1.54) is 18.9 Å². The summed E-state index contributed by atoms with van der Waals surface area (Å²) in [5, 5.41) is 6.04. The summed E-state index contributed by atoms with van der Waals surface area (Å²) in [7, 11) is 0. The third kappa shape index (κ3) is 5.33. The number of benzene rings is 1. The van der Waals surface area contributed by atoms with Crippen LogP contribution in [0.4, 0.5) is 4.39 Å². The van der Waals surface area contributed by atoms with Gasteiger partial charge in [0.25, 0.3) is 0 Å². The molecule has 0 fully saturated rings. The molecule has 4 nitrogen and oxygen atoms in total. The molecule has 0 spiro atoms. The number of hydrogen-bond acceptors (Lipinski definition) is 2. The van der Waals surface area contributed by atoms with Crippen molar-refractivity contribution in [3.63, 3.8) is 0 Å². The molecule has 2 heterocycles. The van der Waals surface area contributed by atoms with Crippen LogP contribution in [0.15, 0.2) is 24.8 Å². The number of rotatable bonds is 11. The predicted octanol–water partition coefficient (Wildman–Crippen LogP) is 4.56. The Morgan fingerprint density at radius 2 is 1.84 bits per heavy atom. The first-order chi connectivity index (χ1) is 15.3. The largest absolute Gasteiger partial charge is 0.385 e. The van der Waals surface area contributed by atoms with Crippen molar-refractivity contribution < 1.29 is 4.39 Å². The van der Waals surface area contributed by atoms with Gasteiger partial charge in [-0.15, -0.1) is 0 Å². The molecule has 0 saturated carbocycles. The zero-order valence-corrected chi connectivity index (χ0v) is 20.0. The van der Waals surface area contributed by atoms with E-state index in [9.17, 15) is 4.39 Å². The van der Waals surface area contributed by atoms with Crippen LogP contribution in [-0.2, 0) is 0 Å². The molecule has 0 radical (unpaired) electrons. The summed E-state index contributed by atoms with van der Waals surface area (Å²) < 4.78 is 13.8. The molecule has 5 heteroatoms. The van der Waals surface area contributed by atoms with Crippen LogP contribution in [0.1, 0.15) is 55.6 Å². The molecule has 1 aromatic carbocycles. The first-order valence-corrected chi connectivity index (χ1v) is 11.7. The normalized spacial score (nSPS) is 12.2. The van der Waals surface area contributed by atoms with E-state index < -0.39 is 0 Å². The number of hydrogen-bond donors (Lipinski definition) is 3. The van der Waals surface area contributed by atoms with Crippen LogP contribution in [0.2, 0.25) is 0 Å². The third-order valence-electron chi connectivity index (χ3n) is 6.02. The topological polar surface area (TPSA) is 46.8 Å². The summed E-state index contributed by atoms with van der Waals surface area (Å²) in [5.41, 5.74) is 6.13. The molecule has 0 aliphatic heterocycles. The van der Waals surface area contributed by atoms with Crippen molar-refractivity contribution in [1.29, 1.82) is 0 Å². The number of H-pyrrole nitrogens is 2. The summed E-state index contributed by atoms with van der Waals surface area (Å²) in [6, 6.07) is 4.77. The van der Waals surface area contributed by atoms with Crippen molar-refractivity contribution >= 4 is 29.3 Å². The summed E-state index contributed by atoms with van der Waals surface area (Å²) >= 11 is 0. The van der Waals surface area contributed by atoms with Gasteiger partial charge in [-0.3, -0.25) is 0 Å². The van der Waals surface area contributed by atoms with Crippen molar-refractivity contribution in [2.45, 2.75) is 47.0 Å². The van der Waals surface area contributed by atoms with E-state index in [0.29, 0.717) is 0 Å². The van der Waals surface area contributed by atoms with E-state index in [1.54, 1.807) is 12.1 Å². The molecule has 0 aliphatic rings. The Morgan fingerprint density at radius 1 is 1.12 bits per heavy atom. The quantitative estimate of drug-likeness (QED) is 0.386. The maximum Gasteiger partial charge on any atom is 0.123 e. The Labute approximate surface area is 190 Å². The number of aromatic amines is 2. The highest BCUT2D eigenvalue weighted by Gasteiger charge is 2.13. The van der Waals surface area contributed by atoms with Crippen LogP contribution in [0.25, 0.3) is 29.3 Å². The SMILES string of the molecule is C=C(NCCCN(CCC)CCC)c1c(C)[nH]c(/C=c2\c(=C)[nH]c3ccc(F)cc23)c1C. The summed E-state index contributed by atoms with van der Waals surface area (Å²) in [6.45, 7) is 21.4. The highest BCUT2D eigenvalue weighted by molar-refractivity contribution is 5.82. The van der Waals surface area contributed by atoms with Crippen molar-refractivity contribution in [1.82, 2.24) is 20.2 Å². The minimum absolute atomic E-state index is 0.250. The highest BCUT2D eigenvalue weighted by atomic mass is 19.1. The second-order valence-corrected chi connectivity index (χ2v) is 8.62. The van der Waals surface area contributed by atoms with Crippen LogP contribution in [0.5, 0.6) is 0 Å². The first kappa shape index (κ1) is 23.9. The lowest BCUT2D eigenvalue weighted by Gasteiger charge is -2.21. The van der Waals surface area contributed by atoms with Crippen LogP contribution < -0.4 is 15.9 Å². The second-order valence-electron chi connectivity index (χ2n) is 8.62. The lowest BCUT2D eigenvalue weighted by Crippen LogP contribution is -2.28. The molecule has 32 heavy (non-hydrogen) atoms. The number of aromatic nitrogens is 2. The van der Waals surface area contributed by atoms with Gasteiger partial charge in [0.15, 0.2) is 0 Å². The van der Waals surface area contributed by atoms with Gasteiger partial charge >= 0.3 is 0 Å². The number of halogens is 1. The van der Waals surface area contributed by atoms with E-state index in [0.717, 1.165) is 82.3 Å². The molecule has 0 atom stereocenters. The van der Waals surface area contributed by atoms with Gasteiger partial charge in [0.05, 0.1) is 0 Å². The number of fused-ring (bicyclic) bond motifs is 1. The van der Waals surface area contributed by atoms with Gasteiger partial charge in [0.2, 0.25) is 0 Å². The van der Waals surface area contributed by atoms with Crippen molar-refractivity contribution in [3.8, 4) is 0 Å². The fraction of sp³-hybridized carbons (Fsp3) is 0.407. The molecule has 0 saturated heterocycles. The molecule has 0 unspecified atom stereocenters. The van der Waals surface area contributed by atoms with Gasteiger partial charge in [-0.05, 0) is 82.6 Å². The number of nitrogens with zero attached hydrogens (tertiary/aromatic N) is 1. The molecule has 0 bridgehead atoms. The molecule has 0 amide bonds. The third-order valence-corrected chi connectivity index (χ3v) is 6.02. The molecule has 0 aliphatic carbocycles. The number of aryl methyl sites for hydroxylation is 1. The van der Waals surface area contributed by atoms with Gasteiger partial charge in [-0.2, -0.15) is 0 Å². The van der Waals surface area contributed by atoms with Crippen LogP contribution in [-0.4, -0.2) is 41.0 Å². The monoisotopic (exact) mass is 436 g/mol. The maximum atomic E-state index is 13.8. The Morgan fingerprint density at radius 3 is 2.53 bits per heavy atom. The van der Waals surface area contributed by atoms with Gasteiger partial charge in [0, 0.05) is 50.7 Å². The molecule has 3 aromatic rings. The van der Waals surface area contributed by atoms with E-state index in [1.807, 2.05) is 6.08 Å². The van der Waals surface area contributed by atoms with E-state index >= 15 is 0 Å². The lowest BCUT2D eigenvalue weighted by molar-refractivity contribution is 0.271. The van der Waals surface area contributed by atoms with Crippen LogP contribution >= 0.6 is 0 Å². The average Bonchev–Trinajstić information content (AvgIpc) is 3.20. The molecule has 3 N–H and O–H groups in total. The van der Waals surface area contributed by atoms with Crippen molar-refractivity contribution in [3.05, 3.63) is 63.7 Å². The summed E-state index contributed by atoms with van der Waals surface area (Å²) in [4.78, 5) is 9.26. The summed E-state index contributed by atoms with van der Waals surface area (Å²) in [6.07, 6.45) is 5.53. The molecule has 3 rings (SSSR count). The Bertz CT molecular complexity index is 1180. The predicted molar refractivity (Wildman–Crippen MR) is 136 cm³/mol. The minimum atomic E-state index is -0.250. The smallest absolute Gasteiger partial charge is 0.123 e. The molecular formula is C27H37FN4. The second kappa shape index (κ2) is 10.7. The van der Waals surface area contributed by atoms with Gasteiger partial charge < -0.3 is 20.2 Å². The first-order valence-electron chi connectivity index (χ1n) is 11.7. The molecular weight excluding hydrogens is 399 g/mol. The van der Waals surface area contributed by atoms with Gasteiger partial charge in [-0.1, -0.05) is 27.0 Å². The van der Waals surface area contributed by atoms with Crippen molar-refractivity contribution in [2.75, 3.05) is 26.2 Å². The zero-order valence-electron chi connectivity index (χ0n) is 20.0. The van der Waals surface area contributed by atoms with Gasteiger partial charge in [-0.25, -0.2) is 4.39 Å². The highest BCUT2D eigenvalue weighted by Crippen LogP contribution is 2.24. The Hall–Kier alpha value is -2.79. The van der Waals surface area contributed by atoms with E-state index in [-0.39, 0.29) is 5.82 Å². The Kier molecular flexibility index (Phi) is 7.97. The fourth-order valence-electron chi connectivity index (χ4n) is 4.52. The summed E-state index contributed by atoms with van der Waals surface area (Å²) in [5.74, 6) is -0.250. The standard InChI is InChI=1S/C27H37FN4/c1-7-13-32(14-8-2)15-9-12-29-20(5)27-18(3)26(31-21(27)6)17-23-19(4)30-25-11-10-22(28)16-24(23)25/h10-11,16-17,29-31H,4-5,7-9,12-15H2,1-3,6H3/b23-17+. The van der Waals surface area contributed by atoms with Gasteiger partial charge in [0.1, 0.15) is 5.82 Å². The van der Waals surface area contributed by atoms with E-state index in [4.69, 9.17) is 0 Å². The lowest BCUT2D eigenvalue weighted by atomic mass is 10.1.